The second kappa shape index (κ2) is 9.07. The number of carbonyl (C=O) groups is 1. The van der Waals surface area contributed by atoms with Crippen LogP contribution in [0.1, 0.15) is 57.2 Å². The van der Waals surface area contributed by atoms with Gasteiger partial charge in [-0.25, -0.2) is 22.5 Å². The number of ether oxygens (including phenoxy) is 1. The molecular weight excluding hydrogens is 471 g/mol. The van der Waals surface area contributed by atoms with Crippen LogP contribution in [0.4, 0.5) is 4.39 Å². The first-order valence-corrected chi connectivity index (χ1v) is 13.0. The van der Waals surface area contributed by atoms with Crippen LogP contribution in [-0.2, 0) is 33.2 Å². The standard InChI is InChI=1S/C25H29FN4O4S/c1-6-16-9-19-17-7-8-27-22(10-17)34-14-25(4,5)30-13-18(12-28-30)35(32,33)29-21(31)11-20(19)23(15(2)3)24(16)26/h7-10,12-13,15H,6,11,14H2,1-5H3,(H,29,31). The van der Waals surface area contributed by atoms with Crippen LogP contribution in [0.5, 0.6) is 5.88 Å². The van der Waals surface area contributed by atoms with E-state index in [9.17, 15) is 13.2 Å². The van der Waals surface area contributed by atoms with E-state index in [2.05, 4.69) is 14.8 Å². The zero-order valence-electron chi connectivity index (χ0n) is 20.4. The molecule has 0 radical (unpaired) electrons. The van der Waals surface area contributed by atoms with Gasteiger partial charge in [-0.05, 0) is 66.1 Å². The SMILES string of the molecule is CCc1cc2c(c(C(C)C)c1F)CC(=O)NS(=O)(=O)c1cnn(c1)C(C)(C)COc1cc-2ccn1. The molecule has 1 amide bonds. The van der Waals surface area contributed by atoms with E-state index in [4.69, 9.17) is 4.74 Å². The normalized spacial score (nSPS) is 17.1. The second-order valence-electron chi connectivity index (χ2n) is 9.61. The molecule has 35 heavy (non-hydrogen) atoms. The number of pyridine rings is 1. The monoisotopic (exact) mass is 500 g/mol. The molecule has 1 aliphatic heterocycles. The molecule has 0 saturated heterocycles. The van der Waals surface area contributed by atoms with E-state index in [0.717, 1.165) is 0 Å². The van der Waals surface area contributed by atoms with Crippen molar-refractivity contribution in [3.8, 4) is 17.0 Å². The molecule has 8 nitrogen and oxygen atoms in total. The van der Waals surface area contributed by atoms with Crippen molar-refractivity contribution in [1.29, 1.82) is 0 Å². The number of rotatable bonds is 2. The summed E-state index contributed by atoms with van der Waals surface area (Å²) in [5.41, 5.74) is 1.98. The molecule has 0 aliphatic carbocycles. The number of halogens is 1. The van der Waals surface area contributed by atoms with Crippen molar-refractivity contribution in [3.05, 3.63) is 59.3 Å². The topological polar surface area (TPSA) is 103 Å². The quantitative estimate of drug-likeness (QED) is 0.572. The molecule has 186 valence electrons. The molecular formula is C25H29FN4O4S. The average molecular weight is 501 g/mol. The number of hydrogen-bond donors (Lipinski definition) is 1. The molecule has 4 bridgehead atoms. The van der Waals surface area contributed by atoms with Crippen LogP contribution in [0, 0.1) is 5.82 Å². The van der Waals surface area contributed by atoms with Gasteiger partial charge < -0.3 is 4.74 Å². The van der Waals surface area contributed by atoms with E-state index in [1.807, 2.05) is 34.6 Å². The fourth-order valence-electron chi connectivity index (χ4n) is 4.24. The lowest BCUT2D eigenvalue weighted by Crippen LogP contribution is -2.34. The van der Waals surface area contributed by atoms with Crippen LogP contribution in [0.15, 0.2) is 41.7 Å². The number of benzene rings is 1. The van der Waals surface area contributed by atoms with Gasteiger partial charge in [-0.1, -0.05) is 20.8 Å². The van der Waals surface area contributed by atoms with Gasteiger partial charge in [0, 0.05) is 18.5 Å². The predicted octanol–water partition coefficient (Wildman–Crippen LogP) is 3.95. The van der Waals surface area contributed by atoms with Gasteiger partial charge in [-0.2, -0.15) is 5.10 Å². The number of aryl methyl sites for hydroxylation is 1. The average Bonchev–Trinajstić information content (AvgIpc) is 3.30. The second-order valence-corrected chi connectivity index (χ2v) is 11.3. The molecule has 1 N–H and O–H groups in total. The van der Waals surface area contributed by atoms with Gasteiger partial charge in [0.05, 0.1) is 18.2 Å². The Morgan fingerprint density at radius 3 is 2.71 bits per heavy atom. The minimum atomic E-state index is -4.18. The molecule has 10 heteroatoms. The van der Waals surface area contributed by atoms with Gasteiger partial charge in [-0.3, -0.25) is 9.48 Å². The minimum Gasteiger partial charge on any atom is -0.475 e. The van der Waals surface area contributed by atoms with Crippen LogP contribution in [-0.4, -0.2) is 35.7 Å². The number of aromatic nitrogens is 3. The number of nitrogens with one attached hydrogen (secondary N) is 1. The lowest BCUT2D eigenvalue weighted by atomic mass is 9.85. The van der Waals surface area contributed by atoms with Gasteiger partial charge in [-0.15, -0.1) is 0 Å². The maximum absolute atomic E-state index is 15.5. The Morgan fingerprint density at radius 1 is 1.29 bits per heavy atom. The van der Waals surface area contributed by atoms with Gasteiger partial charge in [0.2, 0.25) is 11.8 Å². The van der Waals surface area contributed by atoms with Crippen molar-refractivity contribution >= 4 is 15.9 Å². The first-order chi connectivity index (χ1) is 16.4. The summed E-state index contributed by atoms with van der Waals surface area (Å²) in [5, 5.41) is 4.17. The van der Waals surface area contributed by atoms with Crippen molar-refractivity contribution in [2.24, 2.45) is 0 Å². The van der Waals surface area contributed by atoms with Crippen molar-refractivity contribution in [2.45, 2.75) is 63.8 Å². The first-order valence-electron chi connectivity index (χ1n) is 11.5. The van der Waals surface area contributed by atoms with Crippen LogP contribution < -0.4 is 9.46 Å². The highest BCUT2D eigenvalue weighted by Crippen LogP contribution is 2.36. The maximum Gasteiger partial charge on any atom is 0.267 e. The smallest absolute Gasteiger partial charge is 0.267 e. The summed E-state index contributed by atoms with van der Waals surface area (Å²) < 4.78 is 50.9. The van der Waals surface area contributed by atoms with Gasteiger partial charge in [0.15, 0.2) is 0 Å². The van der Waals surface area contributed by atoms with Gasteiger partial charge in [0.1, 0.15) is 17.3 Å². The molecule has 3 heterocycles. The van der Waals surface area contributed by atoms with E-state index < -0.39 is 21.5 Å². The number of fused-ring (bicyclic) bond motifs is 6. The number of nitrogens with zero attached hydrogens (tertiary/aromatic N) is 3. The Labute approximate surface area is 204 Å². The summed E-state index contributed by atoms with van der Waals surface area (Å²) >= 11 is 0. The molecule has 1 aliphatic rings. The van der Waals surface area contributed by atoms with Crippen LogP contribution in [0.3, 0.4) is 0 Å². The summed E-state index contributed by atoms with van der Waals surface area (Å²) in [6.45, 7) is 9.41. The van der Waals surface area contributed by atoms with Crippen molar-refractivity contribution < 1.29 is 22.3 Å². The van der Waals surface area contributed by atoms with Gasteiger partial charge in [0.25, 0.3) is 10.0 Å². The predicted molar refractivity (Wildman–Crippen MR) is 129 cm³/mol. The zero-order chi connectivity index (χ0) is 25.5. The fourth-order valence-corrected chi connectivity index (χ4v) is 5.15. The Balaban J connectivity index is 1.96. The van der Waals surface area contributed by atoms with Crippen LogP contribution >= 0.6 is 0 Å². The van der Waals surface area contributed by atoms with E-state index in [1.165, 1.54) is 17.1 Å². The highest BCUT2D eigenvalue weighted by molar-refractivity contribution is 7.90. The summed E-state index contributed by atoms with van der Waals surface area (Å²) in [4.78, 5) is 17.2. The number of amides is 1. The molecule has 0 saturated carbocycles. The minimum absolute atomic E-state index is 0.149. The lowest BCUT2D eigenvalue weighted by Gasteiger charge is -2.25. The molecule has 2 aromatic heterocycles. The summed E-state index contributed by atoms with van der Waals surface area (Å²) in [5.74, 6) is -1.01. The largest absolute Gasteiger partial charge is 0.475 e. The van der Waals surface area contributed by atoms with E-state index in [1.54, 1.807) is 24.4 Å². The Hall–Kier alpha value is -3.27. The third-order valence-corrected chi connectivity index (χ3v) is 7.47. The highest BCUT2D eigenvalue weighted by Gasteiger charge is 2.29. The number of hydrogen-bond acceptors (Lipinski definition) is 6. The molecule has 0 atom stereocenters. The summed E-state index contributed by atoms with van der Waals surface area (Å²) in [6, 6.07) is 5.24. The third kappa shape index (κ3) is 4.80. The Morgan fingerprint density at radius 2 is 2.03 bits per heavy atom. The van der Waals surface area contributed by atoms with Gasteiger partial charge >= 0.3 is 0 Å². The Kier molecular flexibility index (Phi) is 6.44. The summed E-state index contributed by atoms with van der Waals surface area (Å²) in [6.07, 6.45) is 4.28. The number of carbonyl (C=O) groups excluding carboxylic acids is 1. The van der Waals surface area contributed by atoms with E-state index in [0.29, 0.717) is 40.1 Å². The molecule has 4 rings (SSSR count). The van der Waals surface area contributed by atoms with Crippen molar-refractivity contribution in [1.82, 2.24) is 19.5 Å². The molecule has 0 spiro atoms. The first kappa shape index (κ1) is 24.8. The highest BCUT2D eigenvalue weighted by atomic mass is 32.2. The zero-order valence-corrected chi connectivity index (χ0v) is 21.2. The fraction of sp³-hybridized carbons (Fsp3) is 0.400. The molecule has 3 aromatic rings. The number of sulfonamides is 1. The lowest BCUT2D eigenvalue weighted by molar-refractivity contribution is -0.118. The molecule has 0 unspecified atom stereocenters. The molecule has 1 aromatic carbocycles. The third-order valence-electron chi connectivity index (χ3n) is 6.14. The van der Waals surface area contributed by atoms with Crippen LogP contribution in [0.2, 0.25) is 0 Å². The summed E-state index contributed by atoms with van der Waals surface area (Å²) in [7, 11) is -4.18. The van der Waals surface area contributed by atoms with E-state index in [-0.39, 0.29) is 29.7 Å². The van der Waals surface area contributed by atoms with Crippen molar-refractivity contribution in [3.63, 3.8) is 0 Å². The Bertz CT molecular complexity index is 1400. The van der Waals surface area contributed by atoms with E-state index >= 15 is 4.39 Å². The van der Waals surface area contributed by atoms with Crippen LogP contribution in [0.25, 0.3) is 11.1 Å². The van der Waals surface area contributed by atoms with Crippen molar-refractivity contribution in [2.75, 3.05) is 6.61 Å². The maximum atomic E-state index is 15.5. The molecule has 0 fully saturated rings.